The Labute approximate surface area is 123 Å². The Morgan fingerprint density at radius 3 is 1.12 bits per heavy atom. The molecule has 2 nitrogen and oxygen atoms in total. The van der Waals surface area contributed by atoms with Crippen molar-refractivity contribution in [1.82, 2.24) is 9.97 Å². The summed E-state index contributed by atoms with van der Waals surface area (Å²) in [6.07, 6.45) is 8.67. The van der Waals surface area contributed by atoms with Gasteiger partial charge in [0.15, 0.2) is 0 Å². The third kappa shape index (κ3) is 20.7. The van der Waals surface area contributed by atoms with Crippen molar-refractivity contribution in [3.8, 4) is 0 Å². The van der Waals surface area contributed by atoms with Gasteiger partial charge in [0.1, 0.15) is 0 Å². The van der Waals surface area contributed by atoms with Crippen LogP contribution in [-0.4, -0.2) is 9.97 Å². The van der Waals surface area contributed by atoms with Crippen LogP contribution in [0.5, 0.6) is 0 Å². The molecule has 2 aromatic rings. The molecule has 0 aromatic carbocycles. The Morgan fingerprint density at radius 1 is 0.706 bits per heavy atom. The van der Waals surface area contributed by atoms with E-state index in [1.807, 2.05) is 24.3 Å². The van der Waals surface area contributed by atoms with E-state index in [0.717, 1.165) is 0 Å². The topological polar surface area (TPSA) is 25.8 Å². The zero-order valence-electron chi connectivity index (χ0n) is 9.58. The summed E-state index contributed by atoms with van der Waals surface area (Å²) in [5.41, 5.74) is 0. The van der Waals surface area contributed by atoms with E-state index in [0.29, 0.717) is 0 Å². The summed E-state index contributed by atoms with van der Waals surface area (Å²) in [5.74, 6) is 0. The first-order valence-electron chi connectivity index (χ1n) is 4.36. The molecule has 0 aliphatic carbocycles. The van der Waals surface area contributed by atoms with Crippen molar-refractivity contribution in [1.29, 1.82) is 0 Å². The van der Waals surface area contributed by atoms with Crippen molar-refractivity contribution in [2.75, 3.05) is 0 Å². The Hall–Kier alpha value is -1.34. The van der Waals surface area contributed by atoms with Gasteiger partial charge < -0.3 is 23.1 Å². The maximum atomic E-state index is 4.25. The smallest absolute Gasteiger partial charge is 0.521 e. The van der Waals surface area contributed by atoms with Gasteiger partial charge in [0, 0.05) is 0 Å². The van der Waals surface area contributed by atoms with Crippen molar-refractivity contribution in [3.05, 3.63) is 87.5 Å². The van der Waals surface area contributed by atoms with Crippen LogP contribution in [0.4, 0.5) is 0 Å². The zero-order valence-corrected chi connectivity index (χ0v) is 12.0. The van der Waals surface area contributed by atoms with Gasteiger partial charge in [-0.2, -0.15) is 36.4 Å². The number of pyridine rings is 2. The molecule has 0 aliphatic rings. The molecule has 0 unspecified atom stereocenters. The van der Waals surface area contributed by atoms with E-state index in [4.69, 9.17) is 0 Å². The largest absolute Gasteiger partial charge is 4.00 e. The van der Waals surface area contributed by atoms with Gasteiger partial charge in [-0.15, -0.1) is 0 Å². The van der Waals surface area contributed by atoms with Crippen molar-refractivity contribution in [2.45, 2.75) is 0 Å². The molecule has 0 fully saturated rings. The second-order valence-electron chi connectivity index (χ2n) is 1.92. The molecular weight excluding hydrogens is 287 g/mol. The molecule has 2 aromatic heterocycles. The number of rotatable bonds is 0. The van der Waals surface area contributed by atoms with Gasteiger partial charge in [0.25, 0.3) is 0 Å². The van der Waals surface area contributed by atoms with Crippen LogP contribution in [0.2, 0.25) is 0 Å². The van der Waals surface area contributed by atoms with E-state index >= 15 is 0 Å². The fourth-order valence-electron chi connectivity index (χ4n) is 0.555. The Bertz CT molecular complexity index is 213. The van der Waals surface area contributed by atoms with Gasteiger partial charge in [0.2, 0.25) is 0 Å². The summed E-state index contributed by atoms with van der Waals surface area (Å²) < 4.78 is 0. The predicted octanol–water partition coefficient (Wildman–Crippen LogP) is 2.97. The van der Waals surface area contributed by atoms with E-state index in [2.05, 4.69) is 48.7 Å². The molecule has 17 heavy (non-hydrogen) atoms. The average molecular weight is 302 g/mol. The zero-order chi connectivity index (χ0) is 12.5. The maximum absolute atomic E-state index is 4.25. The van der Waals surface area contributed by atoms with E-state index < -0.39 is 0 Å². The summed E-state index contributed by atoms with van der Waals surface area (Å²) in [5, 5.41) is 0. The molecule has 2 rings (SSSR count). The Morgan fingerprint density at radius 2 is 1.06 bits per heavy atom. The van der Waals surface area contributed by atoms with Crippen LogP contribution in [0, 0.1) is 25.6 Å². The van der Waals surface area contributed by atoms with Crippen LogP contribution in [0.1, 0.15) is 0 Å². The molecule has 0 saturated heterocycles. The van der Waals surface area contributed by atoms with Gasteiger partial charge in [-0.25, -0.2) is 0 Å². The van der Waals surface area contributed by atoms with E-state index in [-0.39, 0.29) is 26.2 Å². The summed E-state index contributed by atoms with van der Waals surface area (Å²) >= 11 is 0. The standard InChI is InChI=1S/2C5H4N.2C2H3.Zr/c2*1-2-4-6-5-3-1;2*1-2;/h2*1-4H;2*1H,2H2;/q4*-1;+4. The molecule has 0 bridgehead atoms. The second kappa shape index (κ2) is 24.1. The fourth-order valence-corrected chi connectivity index (χ4v) is 0.555. The average Bonchev–Trinajstić information content (AvgIpc) is 2.48. The van der Waals surface area contributed by atoms with Crippen LogP contribution in [-0.2, 0) is 26.2 Å². The molecule has 0 saturated carbocycles. The van der Waals surface area contributed by atoms with Gasteiger partial charge >= 0.3 is 26.2 Å². The minimum absolute atomic E-state index is 0. The normalized spacial score (nSPS) is 6.12. The van der Waals surface area contributed by atoms with Crippen molar-refractivity contribution in [2.24, 2.45) is 0 Å². The van der Waals surface area contributed by atoms with E-state index in [1.165, 1.54) is 0 Å². The summed E-state index contributed by atoms with van der Waals surface area (Å²) in [6.45, 7) is 14.0. The molecule has 0 amide bonds. The van der Waals surface area contributed by atoms with Crippen LogP contribution in [0.15, 0.2) is 61.9 Å². The van der Waals surface area contributed by atoms with Crippen LogP contribution in [0.25, 0.3) is 0 Å². The maximum Gasteiger partial charge on any atom is 4.00 e. The molecular formula is C14H14N2Zr. The van der Waals surface area contributed by atoms with E-state index in [9.17, 15) is 0 Å². The van der Waals surface area contributed by atoms with Crippen LogP contribution in [0.3, 0.4) is 0 Å². The predicted molar refractivity (Wildman–Crippen MR) is 66.0 cm³/mol. The molecule has 2 heterocycles. The van der Waals surface area contributed by atoms with Gasteiger partial charge in [-0.3, -0.25) is 13.2 Å². The minimum atomic E-state index is 0. The number of aromatic nitrogens is 2. The fraction of sp³-hybridized carbons (Fsp3) is 0. The van der Waals surface area contributed by atoms with Crippen molar-refractivity contribution in [3.63, 3.8) is 0 Å². The quantitative estimate of drug-likeness (QED) is 0.699. The van der Waals surface area contributed by atoms with Gasteiger partial charge in [-0.05, 0) is 0 Å². The molecule has 0 atom stereocenters. The van der Waals surface area contributed by atoms with Crippen LogP contribution >= 0.6 is 0 Å². The first-order valence-corrected chi connectivity index (χ1v) is 4.36. The summed E-state index contributed by atoms with van der Waals surface area (Å²) in [7, 11) is 0. The molecule has 84 valence electrons. The second-order valence-corrected chi connectivity index (χ2v) is 1.92. The Kier molecular flexibility index (Phi) is 29.7. The number of hydrogen-bond acceptors (Lipinski definition) is 2. The van der Waals surface area contributed by atoms with Gasteiger partial charge in [0.05, 0.1) is 0 Å². The van der Waals surface area contributed by atoms with Crippen molar-refractivity contribution >= 4 is 0 Å². The first kappa shape index (κ1) is 21.0. The molecule has 0 N–H and O–H groups in total. The third-order valence-electron chi connectivity index (χ3n) is 1.03. The van der Waals surface area contributed by atoms with E-state index in [1.54, 1.807) is 24.5 Å². The summed E-state index contributed by atoms with van der Waals surface area (Å²) in [4.78, 5) is 7.32. The monoisotopic (exact) mass is 300 g/mol. The number of nitrogens with zero attached hydrogens (tertiary/aromatic N) is 2. The molecule has 0 aliphatic heterocycles. The molecule has 3 heteroatoms. The van der Waals surface area contributed by atoms with Crippen molar-refractivity contribution < 1.29 is 26.2 Å². The molecule has 0 spiro atoms. The molecule has 0 radical (unpaired) electrons. The Balaban J connectivity index is -0.000000171. The van der Waals surface area contributed by atoms with Crippen LogP contribution < -0.4 is 0 Å². The van der Waals surface area contributed by atoms with Gasteiger partial charge in [-0.1, -0.05) is 24.8 Å². The third-order valence-corrected chi connectivity index (χ3v) is 1.03. The first-order chi connectivity index (χ1) is 8.00. The SMILES string of the molecule is [CH-]=C.[CH-]=C.[Zr+4].[c-]1ccccn1.[c-]1ccccn1. The minimum Gasteiger partial charge on any atom is -0.521 e. The summed E-state index contributed by atoms with van der Waals surface area (Å²) in [6, 6.07) is 11.0. The number of hydrogen-bond donors (Lipinski definition) is 0.